The van der Waals surface area contributed by atoms with Crippen LogP contribution in [0.2, 0.25) is 0 Å². The molecule has 3 rings (SSSR count). The van der Waals surface area contributed by atoms with E-state index in [-0.39, 0.29) is 29.2 Å². The maximum absolute atomic E-state index is 13.5. The average molecular weight is 291 g/mol. The molecule has 108 valence electrons. The monoisotopic (exact) mass is 291 g/mol. The number of halogens is 2. The summed E-state index contributed by atoms with van der Waals surface area (Å²) in [6.07, 6.45) is 0. The van der Waals surface area contributed by atoms with Gasteiger partial charge in [0.25, 0.3) is 5.91 Å². The molecule has 4 nitrogen and oxygen atoms in total. The Morgan fingerprint density at radius 3 is 2.81 bits per heavy atom. The van der Waals surface area contributed by atoms with Crippen LogP contribution in [0.15, 0.2) is 36.4 Å². The second-order valence-corrected chi connectivity index (χ2v) is 4.66. The Kier molecular flexibility index (Phi) is 3.21. The number of hydrogen-bond acceptors (Lipinski definition) is 3. The molecule has 0 fully saturated rings. The van der Waals surface area contributed by atoms with Crippen molar-refractivity contribution < 1.29 is 23.4 Å². The molecule has 1 amide bonds. The van der Waals surface area contributed by atoms with E-state index in [1.807, 2.05) is 0 Å². The first-order valence-corrected chi connectivity index (χ1v) is 6.27. The molecule has 2 aromatic rings. The fourth-order valence-corrected chi connectivity index (χ4v) is 2.27. The summed E-state index contributed by atoms with van der Waals surface area (Å²) in [6.45, 7) is 0.00897. The average Bonchev–Trinajstić information content (AvgIpc) is 2.82. The molecule has 1 heterocycles. The first-order chi connectivity index (χ1) is 10.1. The van der Waals surface area contributed by atoms with Crippen LogP contribution in [0, 0.1) is 11.6 Å². The first kappa shape index (κ1) is 13.4. The molecule has 1 aliphatic rings. The van der Waals surface area contributed by atoms with Gasteiger partial charge in [0.15, 0.2) is 11.6 Å². The lowest BCUT2D eigenvalue weighted by atomic mass is 10.1. The number of hydrogen-bond donors (Lipinski definition) is 2. The van der Waals surface area contributed by atoms with E-state index in [9.17, 15) is 18.7 Å². The zero-order valence-corrected chi connectivity index (χ0v) is 10.8. The zero-order valence-electron chi connectivity index (χ0n) is 10.8. The summed E-state index contributed by atoms with van der Waals surface area (Å²) in [5, 5.41) is 12.2. The third-order valence-electron chi connectivity index (χ3n) is 3.26. The number of nitrogens with one attached hydrogen (secondary N) is 1. The Hall–Kier alpha value is -2.63. The van der Waals surface area contributed by atoms with E-state index < -0.39 is 23.6 Å². The number of amides is 1. The Morgan fingerprint density at radius 1 is 1.29 bits per heavy atom. The summed E-state index contributed by atoms with van der Waals surface area (Å²) < 4.78 is 31.9. The van der Waals surface area contributed by atoms with E-state index in [0.717, 1.165) is 12.1 Å². The van der Waals surface area contributed by atoms with E-state index in [2.05, 4.69) is 5.32 Å². The number of ether oxygens (including phenoxy) is 1. The molecule has 0 saturated heterocycles. The normalized spacial score (nSPS) is 16.2. The third-order valence-corrected chi connectivity index (χ3v) is 3.26. The molecule has 0 spiro atoms. The highest BCUT2D eigenvalue weighted by Gasteiger charge is 2.29. The number of para-hydroxylation sites is 1. The second kappa shape index (κ2) is 5.05. The Morgan fingerprint density at radius 2 is 2.05 bits per heavy atom. The van der Waals surface area contributed by atoms with Crippen LogP contribution in [-0.2, 0) is 0 Å². The van der Waals surface area contributed by atoms with Crippen LogP contribution in [0.5, 0.6) is 11.5 Å². The Bertz CT molecular complexity index is 718. The fraction of sp³-hybridized carbons (Fsp3) is 0.133. The molecule has 0 saturated carbocycles. The van der Waals surface area contributed by atoms with Crippen molar-refractivity contribution in [3.8, 4) is 11.5 Å². The molecule has 6 heteroatoms. The Labute approximate surface area is 119 Å². The van der Waals surface area contributed by atoms with Gasteiger partial charge in [-0.2, -0.15) is 0 Å². The van der Waals surface area contributed by atoms with Crippen molar-refractivity contribution in [1.82, 2.24) is 5.32 Å². The number of phenols is 1. The molecule has 0 unspecified atom stereocenters. The quantitative estimate of drug-likeness (QED) is 0.894. The number of phenolic OH excluding ortho intramolecular Hbond substituents is 1. The van der Waals surface area contributed by atoms with Crippen molar-refractivity contribution in [2.75, 3.05) is 6.61 Å². The third kappa shape index (κ3) is 2.40. The molecule has 2 N–H and O–H groups in total. The van der Waals surface area contributed by atoms with Gasteiger partial charge >= 0.3 is 0 Å². The lowest BCUT2D eigenvalue weighted by Gasteiger charge is -2.12. The highest BCUT2D eigenvalue weighted by atomic mass is 19.1. The number of benzene rings is 2. The summed E-state index contributed by atoms with van der Waals surface area (Å²) >= 11 is 0. The molecule has 0 radical (unpaired) electrons. The van der Waals surface area contributed by atoms with Gasteiger partial charge in [-0.15, -0.1) is 0 Å². The van der Waals surface area contributed by atoms with Gasteiger partial charge < -0.3 is 15.2 Å². The van der Waals surface area contributed by atoms with Crippen molar-refractivity contribution in [1.29, 1.82) is 0 Å². The predicted octanol–water partition coefficient (Wildman–Crippen LogP) is 2.53. The van der Waals surface area contributed by atoms with Gasteiger partial charge in [0, 0.05) is 11.6 Å². The van der Waals surface area contributed by atoms with Crippen molar-refractivity contribution >= 4 is 5.91 Å². The molecule has 1 aliphatic heterocycles. The van der Waals surface area contributed by atoms with Crippen molar-refractivity contribution in [3.63, 3.8) is 0 Å². The van der Waals surface area contributed by atoms with Crippen LogP contribution in [-0.4, -0.2) is 17.6 Å². The van der Waals surface area contributed by atoms with Crippen LogP contribution < -0.4 is 10.1 Å². The van der Waals surface area contributed by atoms with Gasteiger partial charge in [0.1, 0.15) is 18.2 Å². The van der Waals surface area contributed by atoms with E-state index >= 15 is 0 Å². The minimum atomic E-state index is -0.802. The summed E-state index contributed by atoms with van der Waals surface area (Å²) in [7, 11) is 0. The summed E-state index contributed by atoms with van der Waals surface area (Å²) in [4.78, 5) is 12.1. The topological polar surface area (TPSA) is 58.6 Å². The van der Waals surface area contributed by atoms with Gasteiger partial charge in [0.2, 0.25) is 0 Å². The number of rotatable bonds is 2. The standard InChI is InChI=1S/C15H11F2NO3/c16-8-5-10-12(7-21-14(10)11(17)6-8)18-15(20)9-3-1-2-4-13(9)19/h1-6,12,19H,7H2,(H,18,20)/t12-/m1/s1. The van der Waals surface area contributed by atoms with Gasteiger partial charge in [-0.3, -0.25) is 4.79 Å². The van der Waals surface area contributed by atoms with Crippen LogP contribution >= 0.6 is 0 Å². The minimum absolute atomic E-state index is 0.00897. The largest absolute Gasteiger partial charge is 0.507 e. The number of carbonyl (C=O) groups excluding carboxylic acids is 1. The first-order valence-electron chi connectivity index (χ1n) is 6.27. The zero-order chi connectivity index (χ0) is 15.0. The fourth-order valence-electron chi connectivity index (χ4n) is 2.27. The summed E-state index contributed by atoms with van der Waals surface area (Å²) in [5.41, 5.74) is 0.332. The van der Waals surface area contributed by atoms with E-state index in [0.29, 0.717) is 0 Å². The number of aromatic hydroxyl groups is 1. The number of fused-ring (bicyclic) bond motifs is 1. The van der Waals surface area contributed by atoms with Crippen molar-refractivity contribution in [2.24, 2.45) is 0 Å². The van der Waals surface area contributed by atoms with Crippen LogP contribution in [0.4, 0.5) is 8.78 Å². The van der Waals surface area contributed by atoms with Gasteiger partial charge in [-0.25, -0.2) is 8.78 Å². The summed E-state index contributed by atoms with van der Waals surface area (Å²) in [6, 6.07) is 7.21. The molecular formula is C15H11F2NO3. The van der Waals surface area contributed by atoms with Gasteiger partial charge in [-0.05, 0) is 18.2 Å². The lowest BCUT2D eigenvalue weighted by Crippen LogP contribution is -2.29. The molecule has 0 aliphatic carbocycles. The van der Waals surface area contributed by atoms with Crippen LogP contribution in [0.3, 0.4) is 0 Å². The SMILES string of the molecule is O=C(N[C@@H]1COc2c(F)cc(F)cc21)c1ccccc1O. The number of carbonyl (C=O) groups is 1. The maximum Gasteiger partial charge on any atom is 0.255 e. The predicted molar refractivity (Wildman–Crippen MR) is 70.2 cm³/mol. The molecule has 1 atom stereocenters. The van der Waals surface area contributed by atoms with E-state index in [4.69, 9.17) is 4.74 Å². The van der Waals surface area contributed by atoms with Crippen molar-refractivity contribution in [2.45, 2.75) is 6.04 Å². The molecule has 2 aromatic carbocycles. The van der Waals surface area contributed by atoms with Crippen LogP contribution in [0.25, 0.3) is 0 Å². The van der Waals surface area contributed by atoms with E-state index in [1.54, 1.807) is 12.1 Å². The lowest BCUT2D eigenvalue weighted by molar-refractivity contribution is 0.0927. The molecule has 0 bridgehead atoms. The van der Waals surface area contributed by atoms with Crippen LogP contribution in [0.1, 0.15) is 22.0 Å². The van der Waals surface area contributed by atoms with Gasteiger partial charge in [0.05, 0.1) is 11.6 Å². The molecular weight excluding hydrogens is 280 g/mol. The van der Waals surface area contributed by atoms with E-state index in [1.165, 1.54) is 12.1 Å². The molecule has 21 heavy (non-hydrogen) atoms. The smallest absolute Gasteiger partial charge is 0.255 e. The van der Waals surface area contributed by atoms with Crippen molar-refractivity contribution in [3.05, 3.63) is 59.2 Å². The highest BCUT2D eigenvalue weighted by molar-refractivity contribution is 5.97. The molecule has 0 aromatic heterocycles. The minimum Gasteiger partial charge on any atom is -0.507 e. The maximum atomic E-state index is 13.5. The highest BCUT2D eigenvalue weighted by Crippen LogP contribution is 2.35. The van der Waals surface area contributed by atoms with Gasteiger partial charge in [-0.1, -0.05) is 12.1 Å². The second-order valence-electron chi connectivity index (χ2n) is 4.66. The Balaban J connectivity index is 1.86. The summed E-state index contributed by atoms with van der Waals surface area (Å²) in [5.74, 6) is -2.30.